The van der Waals surface area contributed by atoms with E-state index in [1.54, 1.807) is 6.20 Å². The molecular weight excluding hydrogens is 448 g/mol. The van der Waals surface area contributed by atoms with Crippen molar-refractivity contribution >= 4 is 39.1 Å². The second-order valence-electron chi connectivity index (χ2n) is 9.48. The summed E-state index contributed by atoms with van der Waals surface area (Å²) >= 11 is 0. The van der Waals surface area contributed by atoms with Crippen LogP contribution in [0.25, 0.3) is 33.1 Å². The van der Waals surface area contributed by atoms with Crippen LogP contribution in [0.4, 0.5) is 17.5 Å². The van der Waals surface area contributed by atoms with E-state index in [0.29, 0.717) is 17.6 Å². The molecule has 0 unspecified atom stereocenters. The normalized spacial score (nSPS) is 15.9. The van der Waals surface area contributed by atoms with Crippen LogP contribution in [0.2, 0.25) is 0 Å². The van der Waals surface area contributed by atoms with Gasteiger partial charge in [0.1, 0.15) is 17.5 Å². The smallest absolute Gasteiger partial charge is 0.162 e. The van der Waals surface area contributed by atoms with Gasteiger partial charge in [-0.2, -0.15) is 0 Å². The SMILES string of the molecule is c1ccc2cc(Nc3cc(-c4nc(N5CCNCC5)c5c(C6CC6)cncc5n4)ccn3)ncc2c1. The Morgan fingerprint density at radius 3 is 2.56 bits per heavy atom. The van der Waals surface area contributed by atoms with Crippen LogP contribution in [-0.2, 0) is 0 Å². The molecule has 0 atom stereocenters. The number of anilines is 3. The highest BCUT2D eigenvalue weighted by atomic mass is 15.2. The van der Waals surface area contributed by atoms with Gasteiger partial charge in [-0.15, -0.1) is 0 Å². The van der Waals surface area contributed by atoms with Crippen LogP contribution in [0.1, 0.15) is 24.3 Å². The van der Waals surface area contributed by atoms with Gasteiger partial charge in [-0.1, -0.05) is 24.3 Å². The number of aromatic nitrogens is 5. The summed E-state index contributed by atoms with van der Waals surface area (Å²) < 4.78 is 0. The molecule has 4 aromatic heterocycles. The van der Waals surface area contributed by atoms with E-state index in [1.165, 1.54) is 18.4 Å². The second kappa shape index (κ2) is 8.80. The molecule has 36 heavy (non-hydrogen) atoms. The maximum atomic E-state index is 5.14. The van der Waals surface area contributed by atoms with Gasteiger partial charge < -0.3 is 15.5 Å². The molecule has 1 aromatic carbocycles. The first-order valence-electron chi connectivity index (χ1n) is 12.5. The number of nitrogens with zero attached hydrogens (tertiary/aromatic N) is 6. The Bertz CT molecular complexity index is 1570. The zero-order chi connectivity index (χ0) is 23.9. The number of pyridine rings is 3. The largest absolute Gasteiger partial charge is 0.353 e. The highest BCUT2D eigenvalue weighted by Gasteiger charge is 2.29. The summed E-state index contributed by atoms with van der Waals surface area (Å²) in [5.74, 6) is 3.72. The Labute approximate surface area is 208 Å². The number of nitrogens with one attached hydrogen (secondary N) is 2. The summed E-state index contributed by atoms with van der Waals surface area (Å²) in [6.45, 7) is 3.75. The van der Waals surface area contributed by atoms with Gasteiger partial charge in [-0.25, -0.2) is 19.9 Å². The molecule has 178 valence electrons. The lowest BCUT2D eigenvalue weighted by Gasteiger charge is -2.30. The third kappa shape index (κ3) is 3.99. The quantitative estimate of drug-likeness (QED) is 0.380. The minimum atomic E-state index is 0.573. The topological polar surface area (TPSA) is 91.8 Å². The van der Waals surface area contributed by atoms with Crippen LogP contribution < -0.4 is 15.5 Å². The molecule has 5 aromatic rings. The molecule has 1 saturated heterocycles. The first-order valence-corrected chi connectivity index (χ1v) is 12.5. The van der Waals surface area contributed by atoms with Crippen molar-refractivity contribution < 1.29 is 0 Å². The molecule has 1 aliphatic carbocycles. The highest BCUT2D eigenvalue weighted by Crippen LogP contribution is 2.44. The standard InChI is InChI=1S/C28H26N8/c1-2-4-21-15-32-25(13-19(21)3-1)34-24-14-20(7-8-31-24)27-33-23-17-30-16-22(18-5-6-18)26(23)28(35-27)36-11-9-29-10-12-36/h1-4,7-8,13-18,29H,5-6,9-12H2,(H,31,32,34). The number of piperazine rings is 1. The van der Waals surface area contributed by atoms with Crippen molar-refractivity contribution in [2.24, 2.45) is 0 Å². The van der Waals surface area contributed by atoms with Crippen LogP contribution in [0.5, 0.6) is 0 Å². The Morgan fingerprint density at radius 2 is 1.69 bits per heavy atom. The third-order valence-electron chi connectivity index (χ3n) is 6.96. The van der Waals surface area contributed by atoms with E-state index in [0.717, 1.165) is 65.1 Å². The number of hydrogen-bond donors (Lipinski definition) is 2. The summed E-state index contributed by atoms with van der Waals surface area (Å²) in [5.41, 5.74) is 3.09. The van der Waals surface area contributed by atoms with Gasteiger partial charge in [0.2, 0.25) is 0 Å². The zero-order valence-electron chi connectivity index (χ0n) is 19.9. The van der Waals surface area contributed by atoms with E-state index >= 15 is 0 Å². The molecule has 2 fully saturated rings. The minimum Gasteiger partial charge on any atom is -0.353 e. The third-order valence-corrected chi connectivity index (χ3v) is 6.96. The number of fused-ring (bicyclic) bond motifs is 2. The van der Waals surface area contributed by atoms with E-state index in [4.69, 9.17) is 9.97 Å². The van der Waals surface area contributed by atoms with Crippen molar-refractivity contribution in [3.8, 4) is 11.4 Å². The first-order chi connectivity index (χ1) is 17.8. The number of benzene rings is 1. The van der Waals surface area contributed by atoms with Gasteiger partial charge in [-0.3, -0.25) is 4.98 Å². The van der Waals surface area contributed by atoms with Crippen LogP contribution >= 0.6 is 0 Å². The molecule has 8 nitrogen and oxygen atoms in total. The van der Waals surface area contributed by atoms with Gasteiger partial charge in [-0.05, 0) is 47.9 Å². The highest BCUT2D eigenvalue weighted by molar-refractivity contribution is 5.94. The summed E-state index contributed by atoms with van der Waals surface area (Å²) in [6, 6.07) is 14.2. The van der Waals surface area contributed by atoms with Gasteiger partial charge in [0.15, 0.2) is 5.82 Å². The summed E-state index contributed by atoms with van der Waals surface area (Å²) in [5, 5.41) is 10.2. The minimum absolute atomic E-state index is 0.573. The number of hydrogen-bond acceptors (Lipinski definition) is 8. The average molecular weight is 475 g/mol. The average Bonchev–Trinajstić information content (AvgIpc) is 3.78. The fourth-order valence-corrected chi connectivity index (χ4v) is 4.95. The molecule has 5 heterocycles. The van der Waals surface area contributed by atoms with Crippen molar-refractivity contribution in [1.82, 2.24) is 30.2 Å². The van der Waals surface area contributed by atoms with Crippen LogP contribution in [0.3, 0.4) is 0 Å². The van der Waals surface area contributed by atoms with Crippen LogP contribution in [0.15, 0.2) is 67.3 Å². The first kappa shape index (κ1) is 21.1. The molecule has 1 aliphatic heterocycles. The summed E-state index contributed by atoms with van der Waals surface area (Å²) in [6.07, 6.45) is 9.97. The van der Waals surface area contributed by atoms with E-state index in [2.05, 4.69) is 42.6 Å². The molecule has 1 saturated carbocycles. The predicted octanol–water partition coefficient (Wildman–Crippen LogP) is 4.67. The Balaban J connectivity index is 1.29. The second-order valence-corrected chi connectivity index (χ2v) is 9.48. The Kier molecular flexibility index (Phi) is 5.17. The molecule has 0 bridgehead atoms. The number of rotatable bonds is 5. The maximum absolute atomic E-state index is 5.14. The van der Waals surface area contributed by atoms with Crippen molar-refractivity contribution in [2.75, 3.05) is 36.4 Å². The van der Waals surface area contributed by atoms with Gasteiger partial charge >= 0.3 is 0 Å². The molecule has 8 heteroatoms. The van der Waals surface area contributed by atoms with E-state index in [1.807, 2.05) is 48.9 Å². The monoisotopic (exact) mass is 474 g/mol. The fourth-order valence-electron chi connectivity index (χ4n) is 4.95. The molecule has 0 amide bonds. The molecule has 7 rings (SSSR count). The van der Waals surface area contributed by atoms with Gasteiger partial charge in [0, 0.05) is 61.1 Å². The summed E-state index contributed by atoms with van der Waals surface area (Å²) in [4.78, 5) is 26.1. The fraction of sp³-hybridized carbons (Fsp3) is 0.250. The predicted molar refractivity (Wildman–Crippen MR) is 143 cm³/mol. The van der Waals surface area contributed by atoms with E-state index in [9.17, 15) is 0 Å². The van der Waals surface area contributed by atoms with Gasteiger partial charge in [0.25, 0.3) is 0 Å². The van der Waals surface area contributed by atoms with Crippen molar-refractivity contribution in [3.63, 3.8) is 0 Å². The summed E-state index contributed by atoms with van der Waals surface area (Å²) in [7, 11) is 0. The Morgan fingerprint density at radius 1 is 0.861 bits per heavy atom. The van der Waals surface area contributed by atoms with Crippen LogP contribution in [0, 0.1) is 0 Å². The lowest BCUT2D eigenvalue weighted by atomic mass is 10.1. The lowest BCUT2D eigenvalue weighted by molar-refractivity contribution is 0.586. The maximum Gasteiger partial charge on any atom is 0.162 e. The van der Waals surface area contributed by atoms with Gasteiger partial charge in [0.05, 0.1) is 11.7 Å². The zero-order valence-corrected chi connectivity index (χ0v) is 19.9. The van der Waals surface area contributed by atoms with Crippen molar-refractivity contribution in [1.29, 1.82) is 0 Å². The molecule has 0 spiro atoms. The van der Waals surface area contributed by atoms with Crippen LogP contribution in [-0.4, -0.2) is 51.1 Å². The van der Waals surface area contributed by atoms with Crippen molar-refractivity contribution in [2.45, 2.75) is 18.8 Å². The molecule has 2 N–H and O–H groups in total. The van der Waals surface area contributed by atoms with E-state index < -0.39 is 0 Å². The van der Waals surface area contributed by atoms with Crippen molar-refractivity contribution in [3.05, 3.63) is 72.8 Å². The molecule has 0 radical (unpaired) electrons. The lowest BCUT2D eigenvalue weighted by Crippen LogP contribution is -2.44. The molecular formula is C28H26N8. The molecule has 2 aliphatic rings. The van der Waals surface area contributed by atoms with E-state index in [-0.39, 0.29) is 0 Å². The Hall–Kier alpha value is -4.17.